The van der Waals surface area contributed by atoms with Crippen molar-refractivity contribution in [2.75, 3.05) is 0 Å². The Kier molecular flexibility index (Phi) is 6.01. The number of ketones is 1. The van der Waals surface area contributed by atoms with Gasteiger partial charge in [0, 0.05) is 18.9 Å². The molecule has 0 spiro atoms. The van der Waals surface area contributed by atoms with Gasteiger partial charge in [-0.15, -0.1) is 0 Å². The Morgan fingerprint density at radius 3 is 2.36 bits per heavy atom. The lowest BCUT2D eigenvalue weighted by molar-refractivity contribution is -0.119. The van der Waals surface area contributed by atoms with Gasteiger partial charge in [-0.25, -0.2) is 0 Å². The number of carbonyl (C=O) groups is 1. The molecule has 0 radical (unpaired) electrons. The van der Waals surface area contributed by atoms with E-state index in [4.69, 9.17) is 5.73 Å². The molecule has 2 N–H and O–H groups in total. The Balaban J connectivity index is 3.71. The molecular weight excluding hydrogens is 174 g/mol. The van der Waals surface area contributed by atoms with Crippen LogP contribution in [0.15, 0.2) is 0 Å². The maximum absolute atomic E-state index is 11.4. The average Bonchev–Trinajstić information content (AvgIpc) is 1.96. The van der Waals surface area contributed by atoms with Crippen LogP contribution < -0.4 is 5.73 Å². The fourth-order valence-electron chi connectivity index (χ4n) is 1.63. The molecule has 0 aliphatic rings. The average molecular weight is 199 g/mol. The zero-order chi connectivity index (χ0) is 11.2. The maximum atomic E-state index is 11.4. The van der Waals surface area contributed by atoms with Crippen molar-refractivity contribution in [2.45, 2.75) is 65.8 Å². The van der Waals surface area contributed by atoms with Gasteiger partial charge in [0.2, 0.25) is 0 Å². The maximum Gasteiger partial charge on any atom is 0.134 e. The topological polar surface area (TPSA) is 43.1 Å². The normalized spacial score (nSPS) is 14.1. The van der Waals surface area contributed by atoms with Gasteiger partial charge in [-0.1, -0.05) is 34.1 Å². The number of unbranched alkanes of at least 4 members (excludes halogenated alkanes) is 1. The number of carbonyl (C=O) groups excluding carboxylic acids is 1. The summed E-state index contributed by atoms with van der Waals surface area (Å²) in [6.07, 6.45) is 4.26. The summed E-state index contributed by atoms with van der Waals surface area (Å²) in [5.41, 5.74) is 6.14. The molecule has 14 heavy (non-hydrogen) atoms. The monoisotopic (exact) mass is 199 g/mol. The van der Waals surface area contributed by atoms with E-state index in [1.165, 1.54) is 0 Å². The highest BCUT2D eigenvalue weighted by molar-refractivity contribution is 5.78. The molecule has 0 heterocycles. The van der Waals surface area contributed by atoms with E-state index >= 15 is 0 Å². The fraction of sp³-hybridized carbons (Fsp3) is 0.917. The summed E-state index contributed by atoms with van der Waals surface area (Å²) in [5, 5.41) is 0. The van der Waals surface area contributed by atoms with E-state index in [-0.39, 0.29) is 11.5 Å². The van der Waals surface area contributed by atoms with Crippen molar-refractivity contribution in [2.24, 2.45) is 11.1 Å². The van der Waals surface area contributed by atoms with Crippen LogP contribution in [0.25, 0.3) is 0 Å². The Morgan fingerprint density at radius 2 is 1.93 bits per heavy atom. The van der Waals surface area contributed by atoms with Crippen molar-refractivity contribution >= 4 is 5.78 Å². The zero-order valence-electron chi connectivity index (χ0n) is 10.1. The van der Waals surface area contributed by atoms with E-state index in [9.17, 15) is 4.79 Å². The lowest BCUT2D eigenvalue weighted by atomic mass is 9.86. The summed E-state index contributed by atoms with van der Waals surface area (Å²) >= 11 is 0. The summed E-state index contributed by atoms with van der Waals surface area (Å²) in [7, 11) is 0. The van der Waals surface area contributed by atoms with Crippen LogP contribution in [0.1, 0.15) is 59.8 Å². The Hall–Kier alpha value is -0.370. The van der Waals surface area contributed by atoms with E-state index in [0.29, 0.717) is 18.6 Å². The predicted octanol–water partition coefficient (Wildman–Crippen LogP) is 2.90. The van der Waals surface area contributed by atoms with Gasteiger partial charge in [-0.2, -0.15) is 0 Å². The predicted molar refractivity (Wildman–Crippen MR) is 61.2 cm³/mol. The fourth-order valence-corrected chi connectivity index (χ4v) is 1.63. The highest BCUT2D eigenvalue weighted by Gasteiger charge is 2.17. The minimum Gasteiger partial charge on any atom is -0.327 e. The van der Waals surface area contributed by atoms with Crippen LogP contribution in [0.4, 0.5) is 0 Å². The minimum absolute atomic E-state index is 0.0411. The number of rotatable bonds is 6. The molecule has 0 saturated carbocycles. The summed E-state index contributed by atoms with van der Waals surface area (Å²) in [4.78, 5) is 11.4. The van der Waals surface area contributed by atoms with E-state index in [1.807, 2.05) is 0 Å². The van der Waals surface area contributed by atoms with Gasteiger partial charge < -0.3 is 5.73 Å². The lowest BCUT2D eigenvalue weighted by Gasteiger charge is -2.22. The molecule has 0 amide bonds. The van der Waals surface area contributed by atoms with Crippen molar-refractivity contribution < 1.29 is 4.79 Å². The molecular formula is C12H25NO. The highest BCUT2D eigenvalue weighted by atomic mass is 16.1. The molecule has 2 nitrogen and oxygen atoms in total. The van der Waals surface area contributed by atoms with Crippen LogP contribution in [0, 0.1) is 5.41 Å². The molecule has 0 aliphatic heterocycles. The van der Waals surface area contributed by atoms with Gasteiger partial charge in [-0.05, 0) is 18.3 Å². The van der Waals surface area contributed by atoms with E-state index in [0.717, 1.165) is 19.3 Å². The highest BCUT2D eigenvalue weighted by Crippen LogP contribution is 2.21. The van der Waals surface area contributed by atoms with Gasteiger partial charge in [-0.3, -0.25) is 4.79 Å². The van der Waals surface area contributed by atoms with E-state index in [1.54, 1.807) is 0 Å². The third-order valence-corrected chi connectivity index (χ3v) is 2.17. The standard InChI is InChI=1S/C12H25NO/c1-5-6-7-11(14)8-10(13)9-12(2,3)4/h10H,5-9,13H2,1-4H3. The van der Waals surface area contributed by atoms with Gasteiger partial charge in [0.25, 0.3) is 0 Å². The molecule has 0 aromatic heterocycles. The van der Waals surface area contributed by atoms with Gasteiger partial charge >= 0.3 is 0 Å². The molecule has 1 atom stereocenters. The molecule has 1 unspecified atom stereocenters. The largest absolute Gasteiger partial charge is 0.327 e. The number of nitrogens with two attached hydrogens (primary N) is 1. The van der Waals surface area contributed by atoms with Crippen LogP contribution in [0.2, 0.25) is 0 Å². The van der Waals surface area contributed by atoms with Crippen molar-refractivity contribution in [3.8, 4) is 0 Å². The summed E-state index contributed by atoms with van der Waals surface area (Å²) < 4.78 is 0. The zero-order valence-corrected chi connectivity index (χ0v) is 10.1. The van der Waals surface area contributed by atoms with Crippen molar-refractivity contribution in [1.82, 2.24) is 0 Å². The summed E-state index contributed by atoms with van der Waals surface area (Å²) in [6.45, 7) is 8.57. The first-order valence-corrected chi connectivity index (χ1v) is 5.62. The molecule has 0 aromatic rings. The summed E-state index contributed by atoms with van der Waals surface area (Å²) in [6, 6.07) is 0.0411. The first kappa shape index (κ1) is 13.6. The SMILES string of the molecule is CCCCC(=O)CC(N)CC(C)(C)C. The third kappa shape index (κ3) is 8.24. The van der Waals surface area contributed by atoms with Gasteiger partial charge in [0.15, 0.2) is 0 Å². The second-order valence-electron chi connectivity index (χ2n) is 5.37. The molecule has 2 heteroatoms. The van der Waals surface area contributed by atoms with E-state index < -0.39 is 0 Å². The Labute approximate surface area is 88.3 Å². The van der Waals surface area contributed by atoms with Crippen molar-refractivity contribution in [3.05, 3.63) is 0 Å². The molecule has 0 aliphatic carbocycles. The number of Topliss-reactive ketones (excluding diaryl/α,β-unsaturated/α-hetero) is 1. The second kappa shape index (κ2) is 6.18. The van der Waals surface area contributed by atoms with Crippen molar-refractivity contribution in [1.29, 1.82) is 0 Å². The van der Waals surface area contributed by atoms with Crippen LogP contribution in [-0.2, 0) is 4.79 Å². The van der Waals surface area contributed by atoms with E-state index in [2.05, 4.69) is 27.7 Å². The minimum atomic E-state index is 0.0411. The second-order valence-corrected chi connectivity index (χ2v) is 5.37. The van der Waals surface area contributed by atoms with Gasteiger partial charge in [0.1, 0.15) is 5.78 Å². The van der Waals surface area contributed by atoms with Crippen LogP contribution in [-0.4, -0.2) is 11.8 Å². The Bertz CT molecular complexity index is 170. The third-order valence-electron chi connectivity index (χ3n) is 2.17. The molecule has 0 bridgehead atoms. The van der Waals surface area contributed by atoms with Crippen LogP contribution in [0.3, 0.4) is 0 Å². The van der Waals surface area contributed by atoms with Crippen molar-refractivity contribution in [3.63, 3.8) is 0 Å². The molecule has 84 valence electrons. The summed E-state index contributed by atoms with van der Waals surface area (Å²) in [5.74, 6) is 0.323. The van der Waals surface area contributed by atoms with Crippen LogP contribution >= 0.6 is 0 Å². The molecule has 0 saturated heterocycles. The lowest BCUT2D eigenvalue weighted by Crippen LogP contribution is -2.28. The van der Waals surface area contributed by atoms with Crippen LogP contribution in [0.5, 0.6) is 0 Å². The molecule has 0 fully saturated rings. The first-order chi connectivity index (χ1) is 6.35. The smallest absolute Gasteiger partial charge is 0.134 e. The van der Waals surface area contributed by atoms with Gasteiger partial charge in [0.05, 0.1) is 0 Å². The molecule has 0 rings (SSSR count). The number of hydrogen-bond acceptors (Lipinski definition) is 2. The molecule has 0 aromatic carbocycles. The quantitative estimate of drug-likeness (QED) is 0.714. The first-order valence-electron chi connectivity index (χ1n) is 5.62. The Morgan fingerprint density at radius 1 is 1.36 bits per heavy atom. The number of hydrogen-bond donors (Lipinski definition) is 1.